The fraction of sp³-hybridized carbons (Fsp3) is 0.222. The van der Waals surface area contributed by atoms with E-state index in [4.69, 9.17) is 14.2 Å². The fourth-order valence-electron chi connectivity index (χ4n) is 3.80. The highest BCUT2D eigenvalue weighted by Gasteiger charge is 2.22. The van der Waals surface area contributed by atoms with Gasteiger partial charge in [0.1, 0.15) is 5.82 Å². The molecule has 4 rings (SSSR count). The zero-order valence-electron chi connectivity index (χ0n) is 19.7. The van der Waals surface area contributed by atoms with E-state index in [0.717, 1.165) is 12.0 Å². The number of fused-ring (bicyclic) bond motifs is 1. The number of nitrogens with zero attached hydrogens (tertiary/aromatic N) is 1. The highest BCUT2D eigenvalue weighted by Crippen LogP contribution is 2.28. The van der Waals surface area contributed by atoms with E-state index in [2.05, 4.69) is 11.4 Å². The van der Waals surface area contributed by atoms with Crippen LogP contribution in [0, 0.1) is 5.82 Å². The van der Waals surface area contributed by atoms with Crippen molar-refractivity contribution in [1.29, 1.82) is 0 Å². The number of nitrogens with one attached hydrogen (secondary N) is 1. The van der Waals surface area contributed by atoms with Crippen molar-refractivity contribution in [3.8, 4) is 11.5 Å². The van der Waals surface area contributed by atoms with Gasteiger partial charge in [0.25, 0.3) is 11.8 Å². The summed E-state index contributed by atoms with van der Waals surface area (Å²) in [5, 5.41) is 2.58. The average Bonchev–Trinajstić information content (AvgIpc) is 2.91. The van der Waals surface area contributed by atoms with Crippen molar-refractivity contribution in [2.75, 3.05) is 32.2 Å². The maximum absolute atomic E-state index is 13.0. The number of benzene rings is 3. The first kappa shape index (κ1) is 24.7. The number of amides is 2. The number of ether oxygens (including phenoxy) is 3. The zero-order chi connectivity index (χ0) is 25.5. The van der Waals surface area contributed by atoms with Crippen LogP contribution < -0.4 is 14.8 Å². The van der Waals surface area contributed by atoms with Gasteiger partial charge in [-0.3, -0.25) is 9.59 Å². The summed E-state index contributed by atoms with van der Waals surface area (Å²) in [6.45, 7) is 0.360. The Morgan fingerprint density at radius 2 is 1.69 bits per heavy atom. The Labute approximate surface area is 207 Å². The predicted octanol–water partition coefficient (Wildman–Crippen LogP) is 3.59. The second-order valence-electron chi connectivity index (χ2n) is 8.12. The van der Waals surface area contributed by atoms with E-state index in [1.807, 2.05) is 18.2 Å². The van der Waals surface area contributed by atoms with Crippen LogP contribution in [-0.2, 0) is 27.3 Å². The van der Waals surface area contributed by atoms with E-state index >= 15 is 0 Å². The minimum Gasteiger partial charge on any atom is -0.493 e. The third kappa shape index (κ3) is 6.18. The van der Waals surface area contributed by atoms with Crippen molar-refractivity contribution < 1.29 is 33.0 Å². The molecule has 8 nitrogen and oxygen atoms in total. The van der Waals surface area contributed by atoms with Gasteiger partial charge in [0.05, 0.1) is 12.7 Å². The Balaban J connectivity index is 1.29. The Hall–Kier alpha value is -4.40. The lowest BCUT2D eigenvalue weighted by atomic mass is 10.00. The summed E-state index contributed by atoms with van der Waals surface area (Å²) in [5.74, 6) is -1.35. The lowest BCUT2D eigenvalue weighted by molar-refractivity contribution is -0.135. The Kier molecular flexibility index (Phi) is 7.79. The first-order valence-corrected chi connectivity index (χ1v) is 11.3. The average molecular weight is 493 g/mol. The normalized spacial score (nSPS) is 12.3. The van der Waals surface area contributed by atoms with Crippen molar-refractivity contribution in [2.45, 2.75) is 13.0 Å². The van der Waals surface area contributed by atoms with Crippen LogP contribution >= 0.6 is 0 Å². The molecule has 0 radical (unpaired) electrons. The first-order chi connectivity index (χ1) is 17.4. The van der Waals surface area contributed by atoms with Gasteiger partial charge in [-0.1, -0.05) is 24.3 Å². The van der Waals surface area contributed by atoms with Crippen LogP contribution in [0.1, 0.15) is 21.5 Å². The number of carbonyl (C=O) groups is 3. The molecule has 0 atom stereocenters. The van der Waals surface area contributed by atoms with Gasteiger partial charge in [0, 0.05) is 18.8 Å². The third-order valence-corrected chi connectivity index (χ3v) is 5.70. The summed E-state index contributed by atoms with van der Waals surface area (Å²) in [6, 6.07) is 17.6. The monoisotopic (exact) mass is 492 g/mol. The molecule has 0 bridgehead atoms. The molecule has 186 valence electrons. The van der Waals surface area contributed by atoms with Crippen molar-refractivity contribution in [1.82, 2.24) is 4.90 Å². The standard InChI is InChI=1S/C27H25FN2O6/c1-34-24-14-19(6-11-23(24)35-16-25(31)29-22-9-7-21(28)8-10-22)27(33)36-17-26(32)30-13-12-18-4-2-3-5-20(18)15-30/h2-11,14H,12-13,15-17H2,1H3,(H,29,31). The van der Waals surface area contributed by atoms with Gasteiger partial charge in [-0.15, -0.1) is 0 Å². The summed E-state index contributed by atoms with van der Waals surface area (Å²) in [7, 11) is 1.40. The van der Waals surface area contributed by atoms with E-state index in [1.165, 1.54) is 55.1 Å². The molecule has 3 aromatic carbocycles. The van der Waals surface area contributed by atoms with Gasteiger partial charge in [0.15, 0.2) is 24.7 Å². The summed E-state index contributed by atoms with van der Waals surface area (Å²) in [4.78, 5) is 38.9. The lowest BCUT2D eigenvalue weighted by Crippen LogP contribution is -2.38. The van der Waals surface area contributed by atoms with Crippen molar-refractivity contribution in [3.05, 3.63) is 89.2 Å². The number of esters is 1. The molecule has 36 heavy (non-hydrogen) atoms. The number of hydrogen-bond donors (Lipinski definition) is 1. The van der Waals surface area contributed by atoms with Crippen LogP contribution in [0.2, 0.25) is 0 Å². The summed E-state index contributed by atoms with van der Waals surface area (Å²) < 4.78 is 29.0. The van der Waals surface area contributed by atoms with Gasteiger partial charge in [-0.05, 0) is 60.0 Å². The highest BCUT2D eigenvalue weighted by atomic mass is 19.1. The molecule has 1 aliphatic rings. The highest BCUT2D eigenvalue weighted by molar-refractivity contribution is 5.93. The molecule has 1 N–H and O–H groups in total. The molecule has 0 unspecified atom stereocenters. The molecule has 3 aromatic rings. The quantitative estimate of drug-likeness (QED) is 0.483. The smallest absolute Gasteiger partial charge is 0.338 e. The largest absolute Gasteiger partial charge is 0.493 e. The van der Waals surface area contributed by atoms with Crippen molar-refractivity contribution >= 4 is 23.5 Å². The molecule has 0 saturated carbocycles. The predicted molar refractivity (Wildman–Crippen MR) is 129 cm³/mol. The second kappa shape index (κ2) is 11.4. The number of anilines is 1. The summed E-state index contributed by atoms with van der Waals surface area (Å²) in [6.07, 6.45) is 0.760. The molecule has 1 heterocycles. The van der Waals surface area contributed by atoms with Crippen LogP contribution in [0.3, 0.4) is 0 Å². The maximum atomic E-state index is 13.0. The molecule has 0 saturated heterocycles. The van der Waals surface area contributed by atoms with Gasteiger partial charge in [-0.25, -0.2) is 9.18 Å². The Morgan fingerprint density at radius 3 is 2.44 bits per heavy atom. The molecular weight excluding hydrogens is 467 g/mol. The topological polar surface area (TPSA) is 94.2 Å². The maximum Gasteiger partial charge on any atom is 0.338 e. The number of hydrogen-bond acceptors (Lipinski definition) is 6. The fourth-order valence-corrected chi connectivity index (χ4v) is 3.80. The SMILES string of the molecule is COc1cc(C(=O)OCC(=O)N2CCc3ccccc3C2)ccc1OCC(=O)Nc1ccc(F)cc1. The van der Waals surface area contributed by atoms with Crippen LogP contribution in [0.15, 0.2) is 66.7 Å². The molecule has 1 aliphatic heterocycles. The molecular formula is C27H25FN2O6. The van der Waals surface area contributed by atoms with E-state index in [1.54, 1.807) is 4.90 Å². The molecule has 9 heteroatoms. The van der Waals surface area contributed by atoms with Gasteiger partial charge in [0.2, 0.25) is 0 Å². The lowest BCUT2D eigenvalue weighted by Gasteiger charge is -2.28. The minimum atomic E-state index is -0.681. The first-order valence-electron chi connectivity index (χ1n) is 11.3. The molecule has 0 spiro atoms. The van der Waals surface area contributed by atoms with Crippen LogP contribution in [0.4, 0.5) is 10.1 Å². The Bertz CT molecular complexity index is 1260. The molecule has 2 amide bonds. The van der Waals surface area contributed by atoms with Crippen LogP contribution in [0.5, 0.6) is 11.5 Å². The summed E-state index contributed by atoms with van der Waals surface area (Å²) >= 11 is 0. The van der Waals surface area contributed by atoms with E-state index in [9.17, 15) is 18.8 Å². The van der Waals surface area contributed by atoms with E-state index < -0.39 is 17.7 Å². The minimum absolute atomic E-state index is 0.173. The van der Waals surface area contributed by atoms with Crippen molar-refractivity contribution in [2.24, 2.45) is 0 Å². The molecule has 0 fully saturated rings. The van der Waals surface area contributed by atoms with Crippen LogP contribution in [0.25, 0.3) is 0 Å². The van der Waals surface area contributed by atoms with Gasteiger partial charge < -0.3 is 24.4 Å². The zero-order valence-corrected chi connectivity index (χ0v) is 19.7. The van der Waals surface area contributed by atoms with Crippen molar-refractivity contribution in [3.63, 3.8) is 0 Å². The second-order valence-corrected chi connectivity index (χ2v) is 8.12. The van der Waals surface area contributed by atoms with Crippen LogP contribution in [-0.4, -0.2) is 49.6 Å². The Morgan fingerprint density at radius 1 is 0.944 bits per heavy atom. The number of halogens is 1. The molecule has 0 aromatic heterocycles. The summed E-state index contributed by atoms with van der Waals surface area (Å²) in [5.41, 5.74) is 2.92. The number of rotatable bonds is 8. The number of methoxy groups -OCH3 is 1. The van der Waals surface area contributed by atoms with Gasteiger partial charge in [-0.2, -0.15) is 0 Å². The van der Waals surface area contributed by atoms with E-state index in [-0.39, 0.29) is 36.2 Å². The molecule has 0 aliphatic carbocycles. The third-order valence-electron chi connectivity index (χ3n) is 5.70. The van der Waals surface area contributed by atoms with E-state index in [0.29, 0.717) is 18.8 Å². The number of carbonyl (C=O) groups excluding carboxylic acids is 3. The van der Waals surface area contributed by atoms with Gasteiger partial charge >= 0.3 is 5.97 Å².